The second kappa shape index (κ2) is 8.63. The number of aromatic nitrogens is 2. The summed E-state index contributed by atoms with van der Waals surface area (Å²) in [6.45, 7) is 1.65. The minimum absolute atomic E-state index is 0.0722. The quantitative estimate of drug-likeness (QED) is 0.550. The van der Waals surface area contributed by atoms with Crippen LogP contribution in [0, 0.1) is 6.92 Å². The minimum Gasteiger partial charge on any atom is -0.390 e. The van der Waals surface area contributed by atoms with Crippen molar-refractivity contribution < 1.29 is 14.6 Å². The Morgan fingerprint density at radius 2 is 2.21 bits per heavy atom. The number of hydrogen-bond acceptors (Lipinski definition) is 6. The molecule has 0 aliphatic carbocycles. The molecule has 150 valence electrons. The van der Waals surface area contributed by atoms with E-state index in [2.05, 4.69) is 15.6 Å². The van der Waals surface area contributed by atoms with Gasteiger partial charge in [-0.1, -0.05) is 6.07 Å². The first kappa shape index (κ1) is 20.2. The Bertz CT molecular complexity index is 973. The zero-order valence-corrected chi connectivity index (χ0v) is 16.3. The van der Waals surface area contributed by atoms with Gasteiger partial charge in [0.25, 0.3) is 5.56 Å². The number of aliphatic hydroxyl groups excluding tert-OH is 1. The molecule has 9 nitrogen and oxygen atoms in total. The Kier molecular flexibility index (Phi) is 6.22. The molecule has 0 bridgehead atoms. The highest BCUT2D eigenvalue weighted by Gasteiger charge is 2.35. The van der Waals surface area contributed by atoms with Gasteiger partial charge in [0.15, 0.2) is 0 Å². The second-order valence-corrected chi connectivity index (χ2v) is 7.36. The van der Waals surface area contributed by atoms with Gasteiger partial charge < -0.3 is 20.5 Å². The first-order valence-corrected chi connectivity index (χ1v) is 9.94. The Hall–Kier alpha value is -2.56. The summed E-state index contributed by atoms with van der Waals surface area (Å²) in [5, 5.41) is 15.6. The maximum Gasteiger partial charge on any atom is 0.330 e. The average molecular weight is 406 g/mol. The monoisotopic (exact) mass is 406 g/mol. The molecule has 0 saturated carbocycles. The molecule has 0 spiro atoms. The van der Waals surface area contributed by atoms with Gasteiger partial charge in [0.2, 0.25) is 0 Å². The van der Waals surface area contributed by atoms with Crippen molar-refractivity contribution in [1.82, 2.24) is 14.9 Å². The highest BCUT2D eigenvalue weighted by molar-refractivity contribution is 7.98. The maximum atomic E-state index is 12.1. The number of H-pyrrole nitrogens is 1. The molecule has 2 aromatic rings. The van der Waals surface area contributed by atoms with E-state index in [1.54, 1.807) is 24.8 Å². The number of benzene rings is 1. The van der Waals surface area contributed by atoms with Gasteiger partial charge in [-0.3, -0.25) is 14.3 Å². The van der Waals surface area contributed by atoms with Crippen LogP contribution in [0.5, 0.6) is 0 Å². The predicted molar refractivity (Wildman–Crippen MR) is 106 cm³/mol. The number of carbonyl (C=O) groups is 1. The number of aryl methyl sites for hydroxylation is 1. The van der Waals surface area contributed by atoms with Gasteiger partial charge >= 0.3 is 11.7 Å². The van der Waals surface area contributed by atoms with Crippen molar-refractivity contribution >= 4 is 23.5 Å². The van der Waals surface area contributed by atoms with Crippen molar-refractivity contribution in [2.45, 2.75) is 36.7 Å². The molecule has 1 aromatic carbocycles. The summed E-state index contributed by atoms with van der Waals surface area (Å²) in [6, 6.07) is 7.00. The molecule has 1 aliphatic heterocycles. The molecule has 4 N–H and O–H groups in total. The van der Waals surface area contributed by atoms with Crippen molar-refractivity contribution in [3.63, 3.8) is 0 Å². The lowest BCUT2D eigenvalue weighted by molar-refractivity contribution is -0.0178. The standard InChI is InChI=1S/C18H22N4O5S/c1-10-9-22(18(26)21-16(10)24)15-7-13(23)14(27-15)8-19-17(25)20-11-4-3-5-12(6-11)28-2/h3-6,9,13-15,23H,7-8H2,1-2H3,(H2,19,20,25)(H,21,24,26)/t13-,14+,15+/m0/s1. The SMILES string of the molecule is CSc1cccc(NC(=O)NC[C@H]2O[C@@H](n3cc(C)c(=O)[nH]c3=O)C[C@@H]2O)c1. The van der Waals surface area contributed by atoms with Crippen molar-refractivity contribution in [1.29, 1.82) is 0 Å². The summed E-state index contributed by atoms with van der Waals surface area (Å²) in [7, 11) is 0. The van der Waals surface area contributed by atoms with Crippen LogP contribution in [0.15, 0.2) is 44.9 Å². The summed E-state index contributed by atoms with van der Waals surface area (Å²) < 4.78 is 6.96. The molecule has 1 saturated heterocycles. The highest BCUT2D eigenvalue weighted by Crippen LogP contribution is 2.27. The number of nitrogens with zero attached hydrogens (tertiary/aromatic N) is 1. The van der Waals surface area contributed by atoms with Crippen LogP contribution in [-0.4, -0.2) is 45.7 Å². The van der Waals surface area contributed by atoms with Crippen molar-refractivity contribution in [3.05, 3.63) is 56.9 Å². The second-order valence-electron chi connectivity index (χ2n) is 6.48. The smallest absolute Gasteiger partial charge is 0.330 e. The van der Waals surface area contributed by atoms with E-state index in [-0.39, 0.29) is 13.0 Å². The number of amides is 2. The minimum atomic E-state index is -0.857. The molecular weight excluding hydrogens is 384 g/mol. The summed E-state index contributed by atoms with van der Waals surface area (Å²) >= 11 is 1.57. The molecule has 1 aliphatic rings. The summed E-state index contributed by atoms with van der Waals surface area (Å²) in [4.78, 5) is 38.8. The third kappa shape index (κ3) is 4.64. The van der Waals surface area contributed by atoms with Crippen LogP contribution < -0.4 is 21.9 Å². The molecule has 10 heteroatoms. The highest BCUT2D eigenvalue weighted by atomic mass is 32.2. The molecule has 2 heterocycles. The van der Waals surface area contributed by atoms with E-state index >= 15 is 0 Å². The maximum absolute atomic E-state index is 12.1. The summed E-state index contributed by atoms with van der Waals surface area (Å²) in [5.41, 5.74) is -0.0375. The zero-order valence-electron chi connectivity index (χ0n) is 15.5. The van der Waals surface area contributed by atoms with E-state index in [9.17, 15) is 19.5 Å². The van der Waals surface area contributed by atoms with Crippen LogP contribution in [-0.2, 0) is 4.74 Å². The van der Waals surface area contributed by atoms with Crippen molar-refractivity contribution in [2.75, 3.05) is 18.1 Å². The predicted octanol–water partition coefficient (Wildman–Crippen LogP) is 1.04. The number of carbonyl (C=O) groups excluding carboxylic acids is 1. The number of aliphatic hydroxyl groups is 1. The fraction of sp³-hybridized carbons (Fsp3) is 0.389. The van der Waals surface area contributed by atoms with Crippen LogP contribution in [0.2, 0.25) is 0 Å². The molecule has 0 radical (unpaired) electrons. The van der Waals surface area contributed by atoms with Crippen LogP contribution in [0.4, 0.5) is 10.5 Å². The van der Waals surface area contributed by atoms with Crippen LogP contribution in [0.25, 0.3) is 0 Å². The molecule has 0 unspecified atom stereocenters. The molecule has 1 aromatic heterocycles. The lowest BCUT2D eigenvalue weighted by Crippen LogP contribution is -2.39. The van der Waals surface area contributed by atoms with Crippen LogP contribution in [0.3, 0.4) is 0 Å². The molecule has 3 atom stereocenters. The van der Waals surface area contributed by atoms with Crippen LogP contribution >= 0.6 is 11.8 Å². The number of thioether (sulfide) groups is 1. The molecule has 1 fully saturated rings. The fourth-order valence-corrected chi connectivity index (χ4v) is 3.40. The number of anilines is 1. The largest absolute Gasteiger partial charge is 0.390 e. The molecule has 2 amide bonds. The summed E-state index contributed by atoms with van der Waals surface area (Å²) in [6.07, 6.45) is 1.28. The van der Waals surface area contributed by atoms with Gasteiger partial charge in [0.1, 0.15) is 12.3 Å². The van der Waals surface area contributed by atoms with Crippen molar-refractivity contribution in [2.24, 2.45) is 0 Å². The molecule has 3 rings (SSSR count). The molecule has 28 heavy (non-hydrogen) atoms. The summed E-state index contributed by atoms with van der Waals surface area (Å²) in [5.74, 6) is 0. The molecular formula is C18H22N4O5S. The lowest BCUT2D eigenvalue weighted by atomic mass is 10.2. The average Bonchev–Trinajstić information content (AvgIpc) is 3.03. The lowest BCUT2D eigenvalue weighted by Gasteiger charge is -2.17. The van der Waals surface area contributed by atoms with Gasteiger partial charge in [-0.2, -0.15) is 0 Å². The fourth-order valence-electron chi connectivity index (χ4n) is 2.94. The Morgan fingerprint density at radius 1 is 1.43 bits per heavy atom. The number of rotatable bonds is 5. The van der Waals surface area contributed by atoms with Gasteiger partial charge in [-0.15, -0.1) is 11.8 Å². The topological polar surface area (TPSA) is 125 Å². The van der Waals surface area contributed by atoms with Gasteiger partial charge in [0, 0.05) is 35.3 Å². The Balaban J connectivity index is 1.58. The first-order chi connectivity index (χ1) is 13.4. The number of aromatic amines is 1. The zero-order chi connectivity index (χ0) is 20.3. The van der Waals surface area contributed by atoms with E-state index in [1.165, 1.54) is 10.8 Å². The Labute approximate surface area is 165 Å². The third-order valence-corrected chi connectivity index (χ3v) is 5.18. The van der Waals surface area contributed by atoms with Gasteiger partial charge in [-0.25, -0.2) is 9.59 Å². The number of hydrogen-bond donors (Lipinski definition) is 4. The third-order valence-electron chi connectivity index (χ3n) is 4.45. The van der Waals surface area contributed by atoms with Gasteiger partial charge in [-0.05, 0) is 31.4 Å². The number of ether oxygens (including phenoxy) is 1. The first-order valence-electron chi connectivity index (χ1n) is 8.72. The van der Waals surface area contributed by atoms with E-state index in [0.717, 1.165) is 4.90 Å². The number of nitrogens with one attached hydrogen (secondary N) is 3. The van der Waals surface area contributed by atoms with Crippen LogP contribution in [0.1, 0.15) is 18.2 Å². The van der Waals surface area contributed by atoms with E-state index < -0.39 is 35.7 Å². The van der Waals surface area contributed by atoms with Crippen molar-refractivity contribution in [3.8, 4) is 0 Å². The van der Waals surface area contributed by atoms with Gasteiger partial charge in [0.05, 0.1) is 6.10 Å². The van der Waals surface area contributed by atoms with E-state index in [1.807, 2.05) is 24.5 Å². The van der Waals surface area contributed by atoms with E-state index in [0.29, 0.717) is 11.3 Å². The normalized spacial score (nSPS) is 21.5. The number of urea groups is 1. The Morgan fingerprint density at radius 3 is 2.96 bits per heavy atom. The van der Waals surface area contributed by atoms with E-state index in [4.69, 9.17) is 4.74 Å².